The number of hydrazine groups is 1. The molecule has 0 heterocycles. The van der Waals surface area contributed by atoms with Gasteiger partial charge in [0.2, 0.25) is 0 Å². The summed E-state index contributed by atoms with van der Waals surface area (Å²) >= 11 is 0. The van der Waals surface area contributed by atoms with Crippen LogP contribution in [-0.4, -0.2) is 23.2 Å². The summed E-state index contributed by atoms with van der Waals surface area (Å²) < 4.78 is 19.2. The van der Waals surface area contributed by atoms with Crippen LogP contribution in [0.1, 0.15) is 11.1 Å². The number of phenols is 1. The molecule has 2 rings (SSSR count). The monoisotopic (exact) mass is 319 g/mol. The van der Waals surface area contributed by atoms with Crippen molar-refractivity contribution in [3.05, 3.63) is 53.3 Å². The molecule has 4 N–H and O–H groups in total. The minimum absolute atomic E-state index is 0.0132. The molecule has 0 atom stereocenters. The quantitative estimate of drug-likeness (QED) is 0.459. The van der Waals surface area contributed by atoms with E-state index >= 15 is 0 Å². The Morgan fingerprint density at radius 2 is 2.13 bits per heavy atom. The minimum atomic E-state index is -0.661. The van der Waals surface area contributed by atoms with Gasteiger partial charge in [-0.25, -0.2) is 15.0 Å². The number of rotatable bonds is 4. The predicted molar refractivity (Wildman–Crippen MR) is 84.5 cm³/mol. The first-order valence-corrected chi connectivity index (χ1v) is 6.87. The topological polar surface area (TPSA) is 87.8 Å². The summed E-state index contributed by atoms with van der Waals surface area (Å²) in [6.07, 6.45) is 0. The van der Waals surface area contributed by atoms with E-state index in [0.29, 0.717) is 11.3 Å². The van der Waals surface area contributed by atoms with Crippen molar-refractivity contribution in [2.75, 3.05) is 12.4 Å². The zero-order valence-electron chi connectivity index (χ0n) is 12.8. The van der Waals surface area contributed by atoms with Gasteiger partial charge in [-0.1, -0.05) is 12.1 Å². The van der Waals surface area contributed by atoms with Gasteiger partial charge in [0, 0.05) is 24.4 Å². The molecule has 2 amide bonds. The number of hydrogen-bond donors (Lipinski definition) is 3. The fourth-order valence-corrected chi connectivity index (χ4v) is 1.97. The number of halogens is 1. The standard InChI is InChI=1S/C16H18FN3O3/c1-10-4-3-5-14(19-16(22)20(2)18)12(10)9-23-15-7-6-11(21)8-13(15)17/h3-8,21H,9,18H2,1-2H3,(H,19,22). The van der Waals surface area contributed by atoms with Gasteiger partial charge in [-0.15, -0.1) is 0 Å². The maximum absolute atomic E-state index is 13.7. The Morgan fingerprint density at radius 1 is 1.39 bits per heavy atom. The van der Waals surface area contributed by atoms with Crippen molar-refractivity contribution in [3.63, 3.8) is 0 Å². The number of phenolic OH excluding ortho intramolecular Hbond substituents is 1. The van der Waals surface area contributed by atoms with Crippen LogP contribution in [0.25, 0.3) is 0 Å². The van der Waals surface area contributed by atoms with Gasteiger partial charge in [-0.2, -0.15) is 0 Å². The number of amides is 2. The third-order valence-corrected chi connectivity index (χ3v) is 3.26. The second kappa shape index (κ2) is 6.97. The molecule has 23 heavy (non-hydrogen) atoms. The van der Waals surface area contributed by atoms with E-state index in [1.54, 1.807) is 12.1 Å². The lowest BCUT2D eigenvalue weighted by atomic mass is 10.1. The van der Waals surface area contributed by atoms with Gasteiger partial charge in [-0.05, 0) is 30.7 Å². The first-order chi connectivity index (χ1) is 10.9. The second-order valence-corrected chi connectivity index (χ2v) is 5.05. The smallest absolute Gasteiger partial charge is 0.335 e. The van der Waals surface area contributed by atoms with E-state index in [4.69, 9.17) is 10.6 Å². The number of nitrogens with two attached hydrogens (primary N) is 1. The van der Waals surface area contributed by atoms with Gasteiger partial charge in [0.15, 0.2) is 11.6 Å². The van der Waals surface area contributed by atoms with Crippen LogP contribution < -0.4 is 15.9 Å². The lowest BCUT2D eigenvalue weighted by Crippen LogP contribution is -2.37. The molecule has 0 aliphatic heterocycles. The maximum atomic E-state index is 13.7. The summed E-state index contributed by atoms with van der Waals surface area (Å²) in [4.78, 5) is 11.7. The van der Waals surface area contributed by atoms with E-state index in [1.807, 2.05) is 13.0 Å². The molecule has 0 unspecified atom stereocenters. The van der Waals surface area contributed by atoms with E-state index < -0.39 is 11.8 Å². The first-order valence-electron chi connectivity index (χ1n) is 6.87. The third kappa shape index (κ3) is 4.10. The van der Waals surface area contributed by atoms with E-state index in [0.717, 1.165) is 16.6 Å². The molecule has 0 radical (unpaired) electrons. The van der Waals surface area contributed by atoms with Crippen LogP contribution in [0.15, 0.2) is 36.4 Å². The number of nitrogens with one attached hydrogen (secondary N) is 1. The third-order valence-electron chi connectivity index (χ3n) is 3.26. The molecule has 7 heteroatoms. The van der Waals surface area contributed by atoms with Gasteiger partial charge in [0.25, 0.3) is 0 Å². The van der Waals surface area contributed by atoms with Crippen molar-refractivity contribution in [1.29, 1.82) is 0 Å². The highest BCUT2D eigenvalue weighted by Gasteiger charge is 2.12. The van der Waals surface area contributed by atoms with E-state index in [9.17, 15) is 14.3 Å². The van der Waals surface area contributed by atoms with Crippen molar-refractivity contribution >= 4 is 11.7 Å². The van der Waals surface area contributed by atoms with Crippen LogP contribution in [0.2, 0.25) is 0 Å². The highest BCUT2D eigenvalue weighted by atomic mass is 19.1. The Hall–Kier alpha value is -2.80. The molecule has 0 saturated carbocycles. The Morgan fingerprint density at radius 3 is 2.78 bits per heavy atom. The molecule has 0 bridgehead atoms. The first kappa shape index (κ1) is 16.6. The largest absolute Gasteiger partial charge is 0.508 e. The van der Waals surface area contributed by atoms with Crippen LogP contribution in [0.5, 0.6) is 11.5 Å². The zero-order valence-corrected chi connectivity index (χ0v) is 12.8. The molecule has 0 spiro atoms. The minimum Gasteiger partial charge on any atom is -0.508 e. The number of carbonyl (C=O) groups excluding carboxylic acids is 1. The molecule has 6 nitrogen and oxygen atoms in total. The number of benzene rings is 2. The summed E-state index contributed by atoms with van der Waals surface area (Å²) in [5, 5.41) is 12.8. The van der Waals surface area contributed by atoms with E-state index in [2.05, 4.69) is 5.32 Å². The van der Waals surface area contributed by atoms with Crippen LogP contribution in [0.3, 0.4) is 0 Å². The van der Waals surface area contributed by atoms with Gasteiger partial charge in [0.1, 0.15) is 12.4 Å². The number of urea groups is 1. The number of hydrogen-bond acceptors (Lipinski definition) is 4. The summed E-state index contributed by atoms with van der Waals surface area (Å²) in [6.45, 7) is 1.91. The van der Waals surface area contributed by atoms with Crippen LogP contribution in [0.4, 0.5) is 14.9 Å². The SMILES string of the molecule is Cc1cccc(NC(=O)N(C)N)c1COc1ccc(O)cc1F. The fraction of sp³-hybridized carbons (Fsp3) is 0.188. The highest BCUT2D eigenvalue weighted by Crippen LogP contribution is 2.25. The van der Waals surface area contributed by atoms with Crippen LogP contribution in [0, 0.1) is 12.7 Å². The van der Waals surface area contributed by atoms with Gasteiger partial charge < -0.3 is 15.2 Å². The van der Waals surface area contributed by atoms with Crippen molar-refractivity contribution in [3.8, 4) is 11.5 Å². The summed E-state index contributed by atoms with van der Waals surface area (Å²) in [5.74, 6) is 4.56. The zero-order chi connectivity index (χ0) is 17.0. The summed E-state index contributed by atoms with van der Waals surface area (Å²) in [5.41, 5.74) is 2.11. The average molecular weight is 319 g/mol. The number of aromatic hydroxyl groups is 1. The number of nitrogens with zero attached hydrogens (tertiary/aromatic N) is 1. The predicted octanol–water partition coefficient (Wildman–Crippen LogP) is 2.76. The Kier molecular flexibility index (Phi) is 5.02. The Bertz CT molecular complexity index is 720. The number of aryl methyl sites for hydroxylation is 1. The Balaban J connectivity index is 2.20. The normalized spacial score (nSPS) is 10.3. The van der Waals surface area contributed by atoms with Crippen LogP contribution in [-0.2, 0) is 6.61 Å². The van der Waals surface area contributed by atoms with E-state index in [-0.39, 0.29) is 18.1 Å². The van der Waals surface area contributed by atoms with E-state index in [1.165, 1.54) is 19.2 Å². The van der Waals surface area contributed by atoms with Gasteiger partial charge >= 0.3 is 6.03 Å². The molecule has 0 aliphatic rings. The van der Waals surface area contributed by atoms with Crippen molar-refractivity contribution in [1.82, 2.24) is 5.01 Å². The molecule has 0 aliphatic carbocycles. The molecule has 0 saturated heterocycles. The fourth-order valence-electron chi connectivity index (χ4n) is 1.97. The molecule has 0 aromatic heterocycles. The number of anilines is 1. The van der Waals surface area contributed by atoms with Gasteiger partial charge in [-0.3, -0.25) is 5.01 Å². The number of ether oxygens (including phenoxy) is 1. The molecule has 2 aromatic rings. The highest BCUT2D eigenvalue weighted by molar-refractivity contribution is 5.89. The lowest BCUT2D eigenvalue weighted by Gasteiger charge is -2.17. The van der Waals surface area contributed by atoms with Crippen molar-refractivity contribution < 1.29 is 19.0 Å². The molecule has 2 aromatic carbocycles. The molecule has 0 fully saturated rings. The number of carbonyl (C=O) groups is 1. The Labute approximate surface area is 133 Å². The van der Waals surface area contributed by atoms with Gasteiger partial charge in [0.05, 0.1) is 0 Å². The summed E-state index contributed by atoms with van der Waals surface area (Å²) in [7, 11) is 1.42. The maximum Gasteiger partial charge on any atom is 0.335 e. The molecular weight excluding hydrogens is 301 g/mol. The van der Waals surface area contributed by atoms with Crippen molar-refractivity contribution in [2.24, 2.45) is 5.84 Å². The average Bonchev–Trinajstić information content (AvgIpc) is 2.48. The summed E-state index contributed by atoms with van der Waals surface area (Å²) in [6, 6.07) is 8.52. The second-order valence-electron chi connectivity index (χ2n) is 5.05. The van der Waals surface area contributed by atoms with Crippen LogP contribution >= 0.6 is 0 Å². The lowest BCUT2D eigenvalue weighted by molar-refractivity contribution is 0.223. The van der Waals surface area contributed by atoms with Crippen molar-refractivity contribution in [2.45, 2.75) is 13.5 Å². The molecule has 122 valence electrons. The molecular formula is C16H18FN3O3.